The first-order chi connectivity index (χ1) is 9.66. The van der Waals surface area contributed by atoms with Crippen molar-refractivity contribution < 1.29 is 14.7 Å². The molecule has 1 unspecified atom stereocenters. The lowest BCUT2D eigenvalue weighted by atomic mass is 10.2. The van der Waals surface area contributed by atoms with Gasteiger partial charge in [0.25, 0.3) is 0 Å². The molecule has 3 N–H and O–H groups in total. The number of aryl methyl sites for hydroxylation is 1. The molecule has 7 nitrogen and oxygen atoms in total. The Labute approximate surface area is 117 Å². The van der Waals surface area contributed by atoms with Crippen molar-refractivity contribution in [3.05, 3.63) is 18.7 Å². The van der Waals surface area contributed by atoms with E-state index < -0.39 is 18.0 Å². The van der Waals surface area contributed by atoms with Gasteiger partial charge in [0, 0.05) is 25.5 Å². The molecule has 110 valence electrons. The van der Waals surface area contributed by atoms with Crippen LogP contribution in [0.5, 0.6) is 0 Å². The van der Waals surface area contributed by atoms with Gasteiger partial charge in [-0.3, -0.25) is 0 Å². The lowest BCUT2D eigenvalue weighted by Gasteiger charge is -2.14. The van der Waals surface area contributed by atoms with Crippen LogP contribution in [0.2, 0.25) is 0 Å². The molecule has 2 amide bonds. The Hall–Kier alpha value is -2.05. The van der Waals surface area contributed by atoms with Crippen molar-refractivity contribution in [2.45, 2.75) is 38.3 Å². The van der Waals surface area contributed by atoms with Crippen molar-refractivity contribution in [3.8, 4) is 0 Å². The average Bonchev–Trinajstić information content (AvgIpc) is 3.12. The number of aliphatic carboxylic acids is 1. The summed E-state index contributed by atoms with van der Waals surface area (Å²) in [5.41, 5.74) is 0. The summed E-state index contributed by atoms with van der Waals surface area (Å²) in [6, 6.07) is -1.15. The first-order valence-corrected chi connectivity index (χ1v) is 6.89. The van der Waals surface area contributed by atoms with E-state index in [4.69, 9.17) is 5.11 Å². The van der Waals surface area contributed by atoms with Crippen LogP contribution in [0, 0.1) is 5.92 Å². The monoisotopic (exact) mass is 280 g/mol. The van der Waals surface area contributed by atoms with Gasteiger partial charge in [0.2, 0.25) is 0 Å². The molecule has 1 atom stereocenters. The quantitative estimate of drug-likeness (QED) is 0.614. The molecule has 1 fully saturated rings. The van der Waals surface area contributed by atoms with Gasteiger partial charge in [-0.25, -0.2) is 14.6 Å². The molecule has 0 spiro atoms. The fraction of sp³-hybridized carbons (Fsp3) is 0.615. The van der Waals surface area contributed by atoms with E-state index in [-0.39, 0.29) is 5.92 Å². The minimum absolute atomic E-state index is 0.0968. The van der Waals surface area contributed by atoms with Crippen molar-refractivity contribution >= 4 is 12.0 Å². The van der Waals surface area contributed by atoms with E-state index >= 15 is 0 Å². The largest absolute Gasteiger partial charge is 0.480 e. The van der Waals surface area contributed by atoms with Gasteiger partial charge in [0.15, 0.2) is 0 Å². The van der Waals surface area contributed by atoms with E-state index in [0.29, 0.717) is 6.54 Å². The summed E-state index contributed by atoms with van der Waals surface area (Å²) in [6.07, 6.45) is 8.91. The zero-order chi connectivity index (χ0) is 14.4. The number of amides is 2. The van der Waals surface area contributed by atoms with Crippen molar-refractivity contribution in [1.29, 1.82) is 0 Å². The van der Waals surface area contributed by atoms with E-state index in [1.807, 2.05) is 10.8 Å². The number of imidazole rings is 1. The smallest absolute Gasteiger partial charge is 0.326 e. The van der Waals surface area contributed by atoms with Crippen LogP contribution in [0.4, 0.5) is 4.79 Å². The summed E-state index contributed by atoms with van der Waals surface area (Å²) in [5.74, 6) is -0.859. The highest BCUT2D eigenvalue weighted by molar-refractivity contribution is 5.83. The molecule has 2 rings (SSSR count). The lowest BCUT2D eigenvalue weighted by molar-refractivity contribution is -0.139. The molecule has 0 radical (unpaired) electrons. The number of hydrogen-bond donors (Lipinski definition) is 3. The number of aromatic nitrogens is 2. The maximum Gasteiger partial charge on any atom is 0.326 e. The van der Waals surface area contributed by atoms with Crippen LogP contribution in [-0.2, 0) is 11.3 Å². The number of nitrogens with zero attached hydrogens (tertiary/aromatic N) is 2. The molecule has 1 aliphatic rings. The third kappa shape index (κ3) is 4.56. The Morgan fingerprint density at radius 2 is 2.20 bits per heavy atom. The van der Waals surface area contributed by atoms with Gasteiger partial charge in [0.1, 0.15) is 6.04 Å². The third-order valence-corrected chi connectivity index (χ3v) is 3.33. The molecule has 1 heterocycles. The van der Waals surface area contributed by atoms with Gasteiger partial charge in [-0.15, -0.1) is 0 Å². The number of hydrogen-bond acceptors (Lipinski definition) is 3. The summed E-state index contributed by atoms with van der Waals surface area (Å²) in [6.45, 7) is 1.40. The molecule has 1 saturated carbocycles. The van der Waals surface area contributed by atoms with Crippen LogP contribution >= 0.6 is 0 Å². The zero-order valence-corrected chi connectivity index (χ0v) is 11.3. The van der Waals surface area contributed by atoms with Gasteiger partial charge in [0.05, 0.1) is 6.33 Å². The molecule has 1 aromatic rings. The standard InChI is InChI=1S/C13H20N4O3/c18-12(19)11(10-3-4-10)16-13(20)15-5-1-2-7-17-8-6-14-9-17/h6,8-11H,1-5,7H2,(H,18,19)(H2,15,16,20). The van der Waals surface area contributed by atoms with E-state index in [9.17, 15) is 9.59 Å². The van der Waals surface area contributed by atoms with Crippen molar-refractivity contribution in [2.75, 3.05) is 6.54 Å². The highest BCUT2D eigenvalue weighted by Crippen LogP contribution is 2.32. The van der Waals surface area contributed by atoms with Gasteiger partial charge in [-0.05, 0) is 31.6 Å². The molecule has 0 saturated heterocycles. The van der Waals surface area contributed by atoms with Crippen LogP contribution in [-0.4, -0.2) is 39.2 Å². The molecular formula is C13H20N4O3. The van der Waals surface area contributed by atoms with Crippen LogP contribution in [0.1, 0.15) is 25.7 Å². The first-order valence-electron chi connectivity index (χ1n) is 6.89. The Balaban J connectivity index is 1.56. The summed E-state index contributed by atoms with van der Waals surface area (Å²) in [7, 11) is 0. The summed E-state index contributed by atoms with van der Waals surface area (Å²) >= 11 is 0. The second-order valence-corrected chi connectivity index (χ2v) is 5.06. The summed E-state index contributed by atoms with van der Waals surface area (Å²) in [4.78, 5) is 26.5. The first kappa shape index (κ1) is 14.4. The Bertz CT molecular complexity index is 442. The highest BCUT2D eigenvalue weighted by atomic mass is 16.4. The predicted molar refractivity (Wildman–Crippen MR) is 72.1 cm³/mol. The minimum atomic E-state index is -0.956. The molecule has 20 heavy (non-hydrogen) atoms. The van der Waals surface area contributed by atoms with Crippen LogP contribution in [0.15, 0.2) is 18.7 Å². The van der Waals surface area contributed by atoms with Crippen molar-refractivity contribution in [1.82, 2.24) is 20.2 Å². The van der Waals surface area contributed by atoms with E-state index in [2.05, 4.69) is 15.6 Å². The van der Waals surface area contributed by atoms with E-state index in [0.717, 1.165) is 32.2 Å². The molecular weight excluding hydrogens is 260 g/mol. The maximum atomic E-state index is 11.6. The predicted octanol–water partition coefficient (Wildman–Crippen LogP) is 0.826. The highest BCUT2D eigenvalue weighted by Gasteiger charge is 2.37. The fourth-order valence-electron chi connectivity index (χ4n) is 2.04. The van der Waals surface area contributed by atoms with Gasteiger partial charge < -0.3 is 20.3 Å². The maximum absolute atomic E-state index is 11.6. The van der Waals surface area contributed by atoms with E-state index in [1.165, 1.54) is 0 Å². The van der Waals surface area contributed by atoms with Crippen molar-refractivity contribution in [2.24, 2.45) is 5.92 Å². The lowest BCUT2D eigenvalue weighted by Crippen LogP contribution is -2.47. The minimum Gasteiger partial charge on any atom is -0.480 e. The number of unbranched alkanes of at least 4 members (excludes halogenated alkanes) is 1. The second-order valence-electron chi connectivity index (χ2n) is 5.06. The number of carboxylic acid groups (broad SMARTS) is 1. The average molecular weight is 280 g/mol. The molecule has 0 aromatic carbocycles. The number of carbonyl (C=O) groups excluding carboxylic acids is 1. The summed E-state index contributed by atoms with van der Waals surface area (Å²) < 4.78 is 1.98. The van der Waals surface area contributed by atoms with Crippen LogP contribution < -0.4 is 10.6 Å². The molecule has 0 aliphatic heterocycles. The Morgan fingerprint density at radius 1 is 1.40 bits per heavy atom. The molecule has 7 heteroatoms. The number of carboxylic acids is 1. The summed E-state index contributed by atoms with van der Waals surface area (Å²) in [5, 5.41) is 14.2. The number of carbonyl (C=O) groups is 2. The molecule has 0 bridgehead atoms. The third-order valence-electron chi connectivity index (χ3n) is 3.33. The Morgan fingerprint density at radius 3 is 2.80 bits per heavy atom. The second kappa shape index (κ2) is 6.93. The topological polar surface area (TPSA) is 96.3 Å². The van der Waals surface area contributed by atoms with Crippen molar-refractivity contribution in [3.63, 3.8) is 0 Å². The number of rotatable bonds is 8. The molecule has 1 aliphatic carbocycles. The zero-order valence-electron chi connectivity index (χ0n) is 11.3. The van der Waals surface area contributed by atoms with Crippen LogP contribution in [0.3, 0.4) is 0 Å². The van der Waals surface area contributed by atoms with Crippen LogP contribution in [0.25, 0.3) is 0 Å². The SMILES string of the molecule is O=C(NCCCCn1ccnc1)NC(C(=O)O)C1CC1. The Kier molecular flexibility index (Phi) is 4.97. The molecule has 1 aromatic heterocycles. The van der Waals surface area contributed by atoms with E-state index in [1.54, 1.807) is 12.5 Å². The van der Waals surface area contributed by atoms with Gasteiger partial charge >= 0.3 is 12.0 Å². The van der Waals surface area contributed by atoms with Gasteiger partial charge in [-0.1, -0.05) is 0 Å². The number of urea groups is 1. The number of nitrogens with one attached hydrogen (secondary N) is 2. The normalized spacial score (nSPS) is 15.6. The fourth-order valence-corrected chi connectivity index (χ4v) is 2.04. The van der Waals surface area contributed by atoms with Gasteiger partial charge in [-0.2, -0.15) is 0 Å².